The van der Waals surface area contributed by atoms with Gasteiger partial charge < -0.3 is 20.4 Å². The van der Waals surface area contributed by atoms with E-state index in [2.05, 4.69) is 10.6 Å². The minimum absolute atomic E-state index is 0.0159. The number of hydrogen-bond donors (Lipinski definition) is 2. The second-order valence-corrected chi connectivity index (χ2v) is 8.70. The molecule has 3 heterocycles. The van der Waals surface area contributed by atoms with E-state index in [0.717, 1.165) is 12.5 Å². The minimum atomic E-state index is -1.00. The molecule has 10 heteroatoms. The molecule has 4 rings (SSSR count). The first-order valence-corrected chi connectivity index (χ1v) is 11.3. The zero-order chi connectivity index (χ0) is 22.7. The van der Waals surface area contributed by atoms with E-state index in [-0.39, 0.29) is 37.0 Å². The Bertz CT molecular complexity index is 1030. The Morgan fingerprint density at radius 2 is 1.97 bits per heavy atom. The predicted octanol–water partition coefficient (Wildman–Crippen LogP) is 1.25. The van der Waals surface area contributed by atoms with Crippen molar-refractivity contribution in [2.45, 2.75) is 24.9 Å². The second kappa shape index (κ2) is 9.47. The fourth-order valence-electron chi connectivity index (χ4n) is 3.96. The number of hydrogen-bond acceptors (Lipinski definition) is 5. The standard InChI is InChI=1S/C22H23FN4O4S/c23-15-5-1-4-14(12-15)21(30)27-10-9-26(22(31)18-7-3-11-32-18)13-17(27)20(29)25-16-6-2-8-24-19(16)28/h1,3-5,7,11-12,16-17H,2,6,8-10,13H2,(H,24,28)(H,25,29)/t16-,17-/m0/s1. The molecule has 2 N–H and O–H groups in total. The van der Waals surface area contributed by atoms with E-state index in [0.29, 0.717) is 17.8 Å². The summed E-state index contributed by atoms with van der Waals surface area (Å²) in [6.45, 7) is 0.896. The summed E-state index contributed by atoms with van der Waals surface area (Å²) in [5.41, 5.74) is 0.122. The highest BCUT2D eigenvalue weighted by atomic mass is 32.1. The van der Waals surface area contributed by atoms with Gasteiger partial charge in [-0.2, -0.15) is 0 Å². The topological polar surface area (TPSA) is 98.8 Å². The van der Waals surface area contributed by atoms with E-state index < -0.39 is 29.7 Å². The molecule has 2 aromatic rings. The van der Waals surface area contributed by atoms with Crippen molar-refractivity contribution in [3.05, 3.63) is 58.0 Å². The summed E-state index contributed by atoms with van der Waals surface area (Å²) < 4.78 is 13.7. The zero-order valence-corrected chi connectivity index (χ0v) is 18.1. The van der Waals surface area contributed by atoms with Crippen molar-refractivity contribution in [3.63, 3.8) is 0 Å². The monoisotopic (exact) mass is 458 g/mol. The van der Waals surface area contributed by atoms with Gasteiger partial charge in [-0.25, -0.2) is 4.39 Å². The number of rotatable bonds is 4. The van der Waals surface area contributed by atoms with Crippen LogP contribution in [0, 0.1) is 5.82 Å². The molecule has 0 aliphatic carbocycles. The lowest BCUT2D eigenvalue weighted by Gasteiger charge is -2.41. The average molecular weight is 459 g/mol. The van der Waals surface area contributed by atoms with Gasteiger partial charge in [0.25, 0.3) is 11.8 Å². The third-order valence-corrected chi connectivity index (χ3v) is 6.49. The zero-order valence-electron chi connectivity index (χ0n) is 17.3. The van der Waals surface area contributed by atoms with Crippen molar-refractivity contribution in [1.82, 2.24) is 20.4 Å². The van der Waals surface area contributed by atoms with Gasteiger partial charge in [-0.1, -0.05) is 12.1 Å². The maximum Gasteiger partial charge on any atom is 0.264 e. The van der Waals surface area contributed by atoms with Crippen LogP contribution in [0.2, 0.25) is 0 Å². The second-order valence-electron chi connectivity index (χ2n) is 7.75. The number of piperazine rings is 1. The molecule has 2 atom stereocenters. The van der Waals surface area contributed by atoms with Gasteiger partial charge in [0.15, 0.2) is 0 Å². The molecule has 4 amide bonds. The van der Waals surface area contributed by atoms with Gasteiger partial charge in [0.1, 0.15) is 17.9 Å². The molecule has 1 aromatic carbocycles. The summed E-state index contributed by atoms with van der Waals surface area (Å²) in [5.74, 6) is -2.05. The third kappa shape index (κ3) is 4.64. The number of piperidine rings is 1. The molecular formula is C22H23FN4O4S. The highest BCUT2D eigenvalue weighted by Gasteiger charge is 2.39. The van der Waals surface area contributed by atoms with Crippen LogP contribution in [-0.2, 0) is 9.59 Å². The Balaban J connectivity index is 1.56. The van der Waals surface area contributed by atoms with Gasteiger partial charge in [-0.15, -0.1) is 11.3 Å². The lowest BCUT2D eigenvalue weighted by Crippen LogP contribution is -2.63. The predicted molar refractivity (Wildman–Crippen MR) is 116 cm³/mol. The molecular weight excluding hydrogens is 435 g/mol. The van der Waals surface area contributed by atoms with E-state index in [1.54, 1.807) is 17.5 Å². The molecule has 0 unspecified atom stereocenters. The summed E-state index contributed by atoms with van der Waals surface area (Å²) in [7, 11) is 0. The molecule has 0 radical (unpaired) electrons. The molecule has 2 saturated heterocycles. The van der Waals surface area contributed by atoms with Gasteiger partial charge >= 0.3 is 0 Å². The first-order chi connectivity index (χ1) is 15.4. The van der Waals surface area contributed by atoms with E-state index in [4.69, 9.17) is 0 Å². The summed E-state index contributed by atoms with van der Waals surface area (Å²) in [4.78, 5) is 54.7. The number of carbonyl (C=O) groups is 4. The van der Waals surface area contributed by atoms with E-state index in [1.807, 2.05) is 0 Å². The lowest BCUT2D eigenvalue weighted by atomic mass is 10.0. The SMILES string of the molecule is O=C1NCCC[C@@H]1NC(=O)[C@@H]1CN(C(=O)c2cccs2)CCN1C(=O)c1cccc(F)c1. The first-order valence-electron chi connectivity index (χ1n) is 10.4. The average Bonchev–Trinajstić information content (AvgIpc) is 3.34. The van der Waals surface area contributed by atoms with Crippen LogP contribution in [0.25, 0.3) is 0 Å². The molecule has 0 bridgehead atoms. The maximum absolute atomic E-state index is 13.7. The molecule has 2 fully saturated rings. The molecule has 0 spiro atoms. The Kier molecular flexibility index (Phi) is 6.50. The van der Waals surface area contributed by atoms with Crippen molar-refractivity contribution in [1.29, 1.82) is 0 Å². The van der Waals surface area contributed by atoms with Crippen molar-refractivity contribution in [2.75, 3.05) is 26.2 Å². The Hall–Kier alpha value is -3.27. The third-order valence-electron chi connectivity index (χ3n) is 5.64. The molecule has 2 aliphatic heterocycles. The number of nitrogens with zero attached hydrogens (tertiary/aromatic N) is 2. The molecule has 168 valence electrons. The van der Waals surface area contributed by atoms with Crippen molar-refractivity contribution < 1.29 is 23.6 Å². The van der Waals surface area contributed by atoms with Crippen LogP contribution in [-0.4, -0.2) is 71.7 Å². The number of benzene rings is 1. The number of amides is 4. The minimum Gasteiger partial charge on any atom is -0.354 e. The van der Waals surface area contributed by atoms with Crippen LogP contribution in [0.4, 0.5) is 4.39 Å². The van der Waals surface area contributed by atoms with Crippen LogP contribution in [0.3, 0.4) is 0 Å². The molecule has 2 aliphatic rings. The van der Waals surface area contributed by atoms with Crippen molar-refractivity contribution in [3.8, 4) is 0 Å². The Morgan fingerprint density at radius 3 is 2.69 bits per heavy atom. The van der Waals surface area contributed by atoms with Gasteiger partial charge in [0.05, 0.1) is 11.4 Å². The summed E-state index contributed by atoms with van der Waals surface area (Å²) in [6.07, 6.45) is 1.23. The highest BCUT2D eigenvalue weighted by molar-refractivity contribution is 7.12. The van der Waals surface area contributed by atoms with Gasteiger partial charge in [0, 0.05) is 25.2 Å². The van der Waals surface area contributed by atoms with Gasteiger partial charge in [-0.3, -0.25) is 19.2 Å². The van der Waals surface area contributed by atoms with Crippen molar-refractivity contribution >= 4 is 35.0 Å². The summed E-state index contributed by atoms with van der Waals surface area (Å²) in [6, 6.07) is 7.06. The van der Waals surface area contributed by atoms with Gasteiger partial charge in [0.2, 0.25) is 11.8 Å². The van der Waals surface area contributed by atoms with E-state index in [1.165, 1.54) is 39.3 Å². The Morgan fingerprint density at radius 1 is 1.12 bits per heavy atom. The maximum atomic E-state index is 13.7. The van der Waals surface area contributed by atoms with Crippen molar-refractivity contribution in [2.24, 2.45) is 0 Å². The highest BCUT2D eigenvalue weighted by Crippen LogP contribution is 2.20. The number of carbonyl (C=O) groups excluding carboxylic acids is 4. The van der Waals surface area contributed by atoms with Crippen LogP contribution < -0.4 is 10.6 Å². The van der Waals surface area contributed by atoms with E-state index in [9.17, 15) is 23.6 Å². The largest absolute Gasteiger partial charge is 0.354 e. The van der Waals surface area contributed by atoms with Gasteiger partial charge in [-0.05, 0) is 42.5 Å². The number of nitrogens with one attached hydrogen (secondary N) is 2. The lowest BCUT2D eigenvalue weighted by molar-refractivity contribution is -0.133. The quantitative estimate of drug-likeness (QED) is 0.721. The van der Waals surface area contributed by atoms with Crippen LogP contribution >= 0.6 is 11.3 Å². The summed E-state index contributed by atoms with van der Waals surface area (Å²) in [5, 5.41) is 7.23. The first kappa shape index (κ1) is 21.9. The Labute approximate surface area is 188 Å². The summed E-state index contributed by atoms with van der Waals surface area (Å²) >= 11 is 1.30. The molecule has 1 aromatic heterocycles. The number of halogens is 1. The van der Waals surface area contributed by atoms with Crippen LogP contribution in [0.15, 0.2) is 41.8 Å². The number of thiophene rings is 1. The molecule has 8 nitrogen and oxygen atoms in total. The van der Waals surface area contributed by atoms with Crippen LogP contribution in [0.5, 0.6) is 0 Å². The smallest absolute Gasteiger partial charge is 0.264 e. The fraction of sp³-hybridized carbons (Fsp3) is 0.364. The molecule has 32 heavy (non-hydrogen) atoms. The fourth-order valence-corrected chi connectivity index (χ4v) is 4.65. The normalized spacial score (nSPS) is 21.1. The molecule has 0 saturated carbocycles. The van der Waals surface area contributed by atoms with Crippen LogP contribution in [0.1, 0.15) is 32.9 Å². The van der Waals surface area contributed by atoms with E-state index >= 15 is 0 Å².